The van der Waals surface area contributed by atoms with Crippen molar-refractivity contribution in [2.75, 3.05) is 6.61 Å². The molecule has 0 fully saturated rings. The number of carbonyl (C=O) groups is 1. The summed E-state index contributed by atoms with van der Waals surface area (Å²) in [7, 11) is 0. The molecule has 16 heavy (non-hydrogen) atoms. The Morgan fingerprint density at radius 2 is 1.94 bits per heavy atom. The van der Waals surface area contributed by atoms with Crippen LogP contribution in [0.25, 0.3) is 6.08 Å². The maximum atomic E-state index is 11.4. The Morgan fingerprint density at radius 3 is 2.44 bits per heavy atom. The van der Waals surface area contributed by atoms with Crippen LogP contribution in [0, 0.1) is 0 Å². The van der Waals surface area contributed by atoms with Crippen LogP contribution >= 0.6 is 54.5 Å². The van der Waals surface area contributed by atoms with Crippen molar-refractivity contribution in [3.05, 3.63) is 36.3 Å². The largest absolute Gasteiger partial charge is 0.462 e. The van der Waals surface area contributed by atoms with Crippen molar-refractivity contribution in [2.24, 2.45) is 0 Å². The van der Waals surface area contributed by atoms with Gasteiger partial charge in [0.05, 0.1) is 10.2 Å². The molecule has 0 aliphatic carbocycles. The molecule has 1 aromatic rings. The molecule has 1 aromatic carbocycles. The van der Waals surface area contributed by atoms with Gasteiger partial charge in [-0.25, -0.2) is 4.79 Å². The predicted octanol–water partition coefficient (Wildman–Crippen LogP) is 4.55. The maximum Gasteiger partial charge on any atom is 0.344 e. The fraction of sp³-hybridized carbons (Fsp3) is 0.182. The molecule has 0 amide bonds. The monoisotopic (exact) mass is 458 g/mol. The second-order valence-corrected chi connectivity index (χ2v) is 5.91. The van der Waals surface area contributed by atoms with Crippen molar-refractivity contribution < 1.29 is 9.53 Å². The van der Waals surface area contributed by atoms with E-state index in [2.05, 4.69) is 31.9 Å². The van der Waals surface area contributed by atoms with Crippen molar-refractivity contribution in [1.82, 2.24) is 0 Å². The Bertz CT molecular complexity index is 410. The van der Waals surface area contributed by atoms with Crippen LogP contribution in [-0.4, -0.2) is 12.6 Å². The van der Waals surface area contributed by atoms with Gasteiger partial charge in [0.25, 0.3) is 0 Å². The van der Waals surface area contributed by atoms with Gasteiger partial charge < -0.3 is 4.74 Å². The summed E-state index contributed by atoms with van der Waals surface area (Å²) in [6, 6.07) is 5.81. The summed E-state index contributed by atoms with van der Waals surface area (Å²) in [5.41, 5.74) is 0.943. The number of halogens is 3. The molecule has 0 atom stereocenters. The summed E-state index contributed by atoms with van der Waals surface area (Å²) in [4.78, 5) is 11.4. The predicted molar refractivity (Wildman–Crippen MR) is 80.5 cm³/mol. The van der Waals surface area contributed by atoms with Crippen LogP contribution < -0.4 is 0 Å². The van der Waals surface area contributed by atoms with Gasteiger partial charge in [-0.15, -0.1) is 0 Å². The van der Waals surface area contributed by atoms with Gasteiger partial charge in [-0.05, 0) is 59.4 Å². The molecular formula is C11H9Br2IO2. The normalized spacial score (nSPS) is 11.4. The van der Waals surface area contributed by atoms with Crippen LogP contribution in [-0.2, 0) is 9.53 Å². The highest BCUT2D eigenvalue weighted by molar-refractivity contribution is 14.1. The van der Waals surface area contributed by atoms with Crippen molar-refractivity contribution in [1.29, 1.82) is 0 Å². The van der Waals surface area contributed by atoms with Crippen LogP contribution in [0.4, 0.5) is 0 Å². The molecule has 0 aliphatic heterocycles. The summed E-state index contributed by atoms with van der Waals surface area (Å²) in [6.45, 7) is 2.18. The van der Waals surface area contributed by atoms with E-state index in [1.165, 1.54) is 0 Å². The lowest BCUT2D eigenvalue weighted by molar-refractivity contribution is -0.137. The van der Waals surface area contributed by atoms with Gasteiger partial charge >= 0.3 is 5.97 Å². The number of hydrogen-bond donors (Lipinski definition) is 0. The van der Waals surface area contributed by atoms with Gasteiger partial charge in [-0.3, -0.25) is 0 Å². The van der Waals surface area contributed by atoms with Crippen molar-refractivity contribution in [2.45, 2.75) is 6.92 Å². The average Bonchev–Trinajstić information content (AvgIpc) is 2.16. The third-order valence-electron chi connectivity index (χ3n) is 1.65. The molecule has 2 nitrogen and oxygen atoms in total. The van der Waals surface area contributed by atoms with Gasteiger partial charge in [0.2, 0.25) is 0 Å². The minimum Gasteiger partial charge on any atom is -0.462 e. The second kappa shape index (κ2) is 6.76. The molecule has 0 N–H and O–H groups in total. The molecule has 86 valence electrons. The second-order valence-electron chi connectivity index (χ2n) is 2.92. The van der Waals surface area contributed by atoms with E-state index in [9.17, 15) is 4.79 Å². The molecule has 0 aromatic heterocycles. The first-order valence-electron chi connectivity index (χ1n) is 4.53. The summed E-state index contributed by atoms with van der Waals surface area (Å²) in [5, 5.41) is 0. The number of ether oxygens (including phenoxy) is 1. The first-order valence-corrected chi connectivity index (χ1v) is 7.20. The highest BCUT2D eigenvalue weighted by atomic mass is 127. The van der Waals surface area contributed by atoms with E-state index in [0.29, 0.717) is 10.2 Å². The zero-order valence-corrected chi connectivity index (χ0v) is 13.8. The van der Waals surface area contributed by atoms with Gasteiger partial charge in [-0.2, -0.15) is 0 Å². The summed E-state index contributed by atoms with van der Waals surface area (Å²) < 4.78 is 7.38. The van der Waals surface area contributed by atoms with Crippen LogP contribution in [0.2, 0.25) is 0 Å². The summed E-state index contributed by atoms with van der Waals surface area (Å²) in [5.74, 6) is -0.292. The molecular weight excluding hydrogens is 451 g/mol. The minimum absolute atomic E-state index is 0.292. The smallest absolute Gasteiger partial charge is 0.344 e. The Kier molecular flexibility index (Phi) is 5.99. The Labute approximate surface area is 125 Å². The van der Waals surface area contributed by atoms with Crippen LogP contribution in [0.5, 0.6) is 0 Å². The quantitative estimate of drug-likeness (QED) is 0.376. The first kappa shape index (κ1) is 14.2. The number of esters is 1. The maximum absolute atomic E-state index is 11.4. The zero-order valence-electron chi connectivity index (χ0n) is 8.47. The molecule has 0 unspecified atom stereocenters. The van der Waals surface area contributed by atoms with Crippen LogP contribution in [0.1, 0.15) is 12.5 Å². The van der Waals surface area contributed by atoms with Gasteiger partial charge in [-0.1, -0.05) is 31.9 Å². The Hall–Kier alpha value is 0.120. The fourth-order valence-electron chi connectivity index (χ4n) is 1.06. The molecule has 0 aliphatic rings. The van der Waals surface area contributed by atoms with Gasteiger partial charge in [0.1, 0.15) is 0 Å². The molecule has 0 bridgehead atoms. The van der Waals surface area contributed by atoms with Crippen LogP contribution in [0.3, 0.4) is 0 Å². The topological polar surface area (TPSA) is 26.3 Å². The van der Waals surface area contributed by atoms with E-state index in [4.69, 9.17) is 4.74 Å². The Morgan fingerprint density at radius 1 is 1.38 bits per heavy atom. The molecule has 0 saturated heterocycles. The van der Waals surface area contributed by atoms with Gasteiger partial charge in [0, 0.05) is 8.95 Å². The molecule has 1 rings (SSSR count). The van der Waals surface area contributed by atoms with Crippen molar-refractivity contribution in [3.8, 4) is 0 Å². The number of hydrogen-bond acceptors (Lipinski definition) is 2. The summed E-state index contributed by atoms with van der Waals surface area (Å²) >= 11 is 8.76. The number of benzene rings is 1. The van der Waals surface area contributed by atoms with E-state index in [-0.39, 0.29) is 5.97 Å². The lowest BCUT2D eigenvalue weighted by Gasteiger charge is -2.01. The number of carbonyl (C=O) groups excluding carboxylic acids is 1. The third-order valence-corrected chi connectivity index (χ3v) is 3.32. The lowest BCUT2D eigenvalue weighted by atomic mass is 10.2. The third kappa shape index (κ3) is 4.55. The SMILES string of the molecule is CCOC(=O)/C(I)=C\c1cc(Br)cc(Br)c1. The molecule has 5 heteroatoms. The first-order chi connectivity index (χ1) is 7.52. The molecule has 0 radical (unpaired) electrons. The standard InChI is InChI=1S/C11H9Br2IO2/c1-2-16-11(15)10(14)5-7-3-8(12)6-9(13)4-7/h3-6H,2H2,1H3/b10-5+. The van der Waals surface area contributed by atoms with Crippen LogP contribution in [0.15, 0.2) is 30.7 Å². The summed E-state index contributed by atoms with van der Waals surface area (Å²) in [6.07, 6.45) is 1.79. The molecule has 0 saturated carbocycles. The molecule has 0 spiro atoms. The van der Waals surface area contributed by atoms with E-state index < -0.39 is 0 Å². The van der Waals surface area contributed by atoms with E-state index >= 15 is 0 Å². The van der Waals surface area contributed by atoms with E-state index in [0.717, 1.165) is 14.5 Å². The average molecular weight is 460 g/mol. The minimum atomic E-state index is -0.292. The van der Waals surface area contributed by atoms with Crippen molar-refractivity contribution >= 4 is 66.5 Å². The molecule has 0 heterocycles. The fourth-order valence-corrected chi connectivity index (χ4v) is 2.91. The lowest BCUT2D eigenvalue weighted by Crippen LogP contribution is -2.02. The highest BCUT2D eigenvalue weighted by Crippen LogP contribution is 2.23. The van der Waals surface area contributed by atoms with E-state index in [1.807, 2.05) is 40.8 Å². The van der Waals surface area contributed by atoms with Gasteiger partial charge in [0.15, 0.2) is 0 Å². The van der Waals surface area contributed by atoms with E-state index in [1.54, 1.807) is 13.0 Å². The van der Waals surface area contributed by atoms with Crippen molar-refractivity contribution in [3.63, 3.8) is 0 Å². The highest BCUT2D eigenvalue weighted by Gasteiger charge is 2.06. The zero-order chi connectivity index (χ0) is 12.1. The number of rotatable bonds is 3. The Balaban J connectivity index is 2.93.